The van der Waals surface area contributed by atoms with Crippen LogP contribution < -0.4 is 5.32 Å². The largest absolute Gasteiger partial charge is 0.344 e. The highest BCUT2D eigenvalue weighted by atomic mass is 32.2. The zero-order valence-electron chi connectivity index (χ0n) is 16.3. The Balaban J connectivity index is 1.74. The summed E-state index contributed by atoms with van der Waals surface area (Å²) in [6.45, 7) is 4.72. The fourth-order valence-electron chi connectivity index (χ4n) is 3.30. The molecule has 2 aromatic rings. The molecule has 0 spiro atoms. The Kier molecular flexibility index (Phi) is 6.49. The fraction of sp³-hybridized carbons (Fsp3) is 0.381. The standard InChI is InChI=1S/C21H27N3O3S/c1-23-12-14-24(15-13-23)16-20(17-6-4-3-5-7-17)22-21(25)18-8-10-19(11-9-18)28(2,26)27/h3-11,20H,12-16H2,1-2H3,(H,22,25). The lowest BCUT2D eigenvalue weighted by molar-refractivity contribution is 0.0907. The van der Waals surface area contributed by atoms with Gasteiger partial charge in [0, 0.05) is 44.5 Å². The summed E-state index contributed by atoms with van der Waals surface area (Å²) in [7, 11) is -1.16. The van der Waals surface area contributed by atoms with Crippen molar-refractivity contribution in [3.05, 3.63) is 65.7 Å². The molecule has 0 aliphatic carbocycles. The molecule has 7 heteroatoms. The number of nitrogens with one attached hydrogen (secondary N) is 1. The molecule has 0 radical (unpaired) electrons. The molecular weight excluding hydrogens is 374 g/mol. The highest BCUT2D eigenvalue weighted by Gasteiger charge is 2.22. The van der Waals surface area contributed by atoms with Gasteiger partial charge in [-0.15, -0.1) is 0 Å². The van der Waals surface area contributed by atoms with Crippen molar-refractivity contribution in [1.82, 2.24) is 15.1 Å². The molecule has 0 bridgehead atoms. The average molecular weight is 402 g/mol. The number of hydrogen-bond donors (Lipinski definition) is 1. The molecule has 28 heavy (non-hydrogen) atoms. The van der Waals surface area contributed by atoms with Gasteiger partial charge in [-0.3, -0.25) is 9.69 Å². The number of hydrogen-bond acceptors (Lipinski definition) is 5. The number of carbonyl (C=O) groups is 1. The lowest BCUT2D eigenvalue weighted by Crippen LogP contribution is -2.47. The van der Waals surface area contributed by atoms with Crippen LogP contribution in [-0.4, -0.2) is 70.2 Å². The Hall–Kier alpha value is -2.22. The maximum absolute atomic E-state index is 12.8. The zero-order chi connectivity index (χ0) is 20.1. The van der Waals surface area contributed by atoms with Crippen LogP contribution >= 0.6 is 0 Å². The van der Waals surface area contributed by atoms with Crippen LogP contribution in [0.3, 0.4) is 0 Å². The van der Waals surface area contributed by atoms with Gasteiger partial charge in [-0.25, -0.2) is 8.42 Å². The topological polar surface area (TPSA) is 69.7 Å². The SMILES string of the molecule is CN1CCN(CC(NC(=O)c2ccc(S(C)(=O)=O)cc2)c2ccccc2)CC1. The van der Waals surface area contributed by atoms with Gasteiger partial charge < -0.3 is 10.2 Å². The summed E-state index contributed by atoms with van der Waals surface area (Å²) < 4.78 is 23.2. The Morgan fingerprint density at radius 2 is 1.61 bits per heavy atom. The number of carbonyl (C=O) groups excluding carboxylic acids is 1. The Morgan fingerprint density at radius 1 is 1.00 bits per heavy atom. The van der Waals surface area contributed by atoms with Crippen molar-refractivity contribution in [3.8, 4) is 0 Å². The van der Waals surface area contributed by atoms with E-state index in [1.807, 2.05) is 30.3 Å². The molecule has 3 rings (SSSR count). The van der Waals surface area contributed by atoms with Crippen LogP contribution in [-0.2, 0) is 9.84 Å². The van der Waals surface area contributed by atoms with E-state index in [2.05, 4.69) is 22.2 Å². The summed E-state index contributed by atoms with van der Waals surface area (Å²) in [5.41, 5.74) is 1.51. The van der Waals surface area contributed by atoms with Crippen molar-refractivity contribution < 1.29 is 13.2 Å². The second-order valence-corrected chi connectivity index (χ2v) is 9.35. The maximum atomic E-state index is 12.8. The summed E-state index contributed by atoms with van der Waals surface area (Å²) >= 11 is 0. The first kappa shape index (κ1) is 20.5. The van der Waals surface area contributed by atoms with Gasteiger partial charge in [0.05, 0.1) is 10.9 Å². The highest BCUT2D eigenvalue weighted by Crippen LogP contribution is 2.17. The maximum Gasteiger partial charge on any atom is 0.251 e. The number of nitrogens with zero attached hydrogens (tertiary/aromatic N) is 2. The van der Waals surface area contributed by atoms with Crippen LogP contribution in [0.4, 0.5) is 0 Å². The fourth-order valence-corrected chi connectivity index (χ4v) is 3.93. The summed E-state index contributed by atoms with van der Waals surface area (Å²) in [6, 6.07) is 15.9. The molecule has 1 heterocycles. The van der Waals surface area contributed by atoms with Gasteiger partial charge in [0.1, 0.15) is 0 Å². The lowest BCUT2D eigenvalue weighted by atomic mass is 10.0. The van der Waals surface area contributed by atoms with E-state index >= 15 is 0 Å². The molecule has 0 aromatic heterocycles. The van der Waals surface area contributed by atoms with Crippen LogP contribution in [0.15, 0.2) is 59.5 Å². The zero-order valence-corrected chi connectivity index (χ0v) is 17.2. The second-order valence-electron chi connectivity index (χ2n) is 7.34. The number of piperazine rings is 1. The molecular formula is C21H27N3O3S. The predicted octanol–water partition coefficient (Wildman–Crippen LogP) is 1.81. The number of amides is 1. The first-order chi connectivity index (χ1) is 13.3. The van der Waals surface area contributed by atoms with E-state index in [9.17, 15) is 13.2 Å². The minimum atomic E-state index is -3.28. The van der Waals surface area contributed by atoms with E-state index in [-0.39, 0.29) is 16.8 Å². The molecule has 1 N–H and O–H groups in total. The van der Waals surface area contributed by atoms with E-state index in [0.717, 1.165) is 44.5 Å². The minimum Gasteiger partial charge on any atom is -0.344 e. The monoisotopic (exact) mass is 401 g/mol. The number of sulfone groups is 1. The first-order valence-electron chi connectivity index (χ1n) is 9.40. The smallest absolute Gasteiger partial charge is 0.251 e. The first-order valence-corrected chi connectivity index (χ1v) is 11.3. The average Bonchev–Trinajstić information content (AvgIpc) is 2.69. The van der Waals surface area contributed by atoms with Gasteiger partial charge in [0.25, 0.3) is 5.91 Å². The second kappa shape index (κ2) is 8.86. The molecule has 2 aromatic carbocycles. The Labute approximate surface area is 167 Å². The van der Waals surface area contributed by atoms with Crippen LogP contribution in [0.25, 0.3) is 0 Å². The molecule has 6 nitrogen and oxygen atoms in total. The summed E-state index contributed by atoms with van der Waals surface area (Å²) in [5.74, 6) is -0.206. The Bertz CT molecular complexity index is 890. The third-order valence-corrected chi connectivity index (χ3v) is 6.22. The molecule has 1 unspecified atom stereocenters. The van der Waals surface area contributed by atoms with Crippen LogP contribution in [0.2, 0.25) is 0 Å². The van der Waals surface area contributed by atoms with Crippen molar-refractivity contribution in [2.45, 2.75) is 10.9 Å². The minimum absolute atomic E-state index is 0.133. The molecule has 1 fully saturated rings. The number of likely N-dealkylation sites (N-methyl/N-ethyl adjacent to an activating group) is 1. The molecule has 150 valence electrons. The highest BCUT2D eigenvalue weighted by molar-refractivity contribution is 7.90. The van der Waals surface area contributed by atoms with Gasteiger partial charge in [-0.2, -0.15) is 0 Å². The van der Waals surface area contributed by atoms with Crippen molar-refractivity contribution in [2.75, 3.05) is 46.0 Å². The van der Waals surface area contributed by atoms with E-state index < -0.39 is 9.84 Å². The van der Waals surface area contributed by atoms with Gasteiger partial charge in [0.2, 0.25) is 0 Å². The van der Waals surface area contributed by atoms with E-state index in [0.29, 0.717) is 5.56 Å². The van der Waals surface area contributed by atoms with Crippen molar-refractivity contribution in [1.29, 1.82) is 0 Å². The number of benzene rings is 2. The molecule has 1 aliphatic heterocycles. The van der Waals surface area contributed by atoms with Crippen LogP contribution in [0, 0.1) is 0 Å². The molecule has 1 atom stereocenters. The predicted molar refractivity (Wildman–Crippen MR) is 110 cm³/mol. The summed E-state index contributed by atoms with van der Waals surface area (Å²) in [6.07, 6.45) is 1.16. The van der Waals surface area contributed by atoms with Gasteiger partial charge >= 0.3 is 0 Å². The third-order valence-electron chi connectivity index (χ3n) is 5.09. The van der Waals surface area contributed by atoms with E-state index in [4.69, 9.17) is 0 Å². The Morgan fingerprint density at radius 3 is 2.18 bits per heavy atom. The lowest BCUT2D eigenvalue weighted by Gasteiger charge is -2.35. The molecule has 1 amide bonds. The number of rotatable bonds is 6. The van der Waals surface area contributed by atoms with Gasteiger partial charge in [-0.1, -0.05) is 30.3 Å². The quantitative estimate of drug-likeness (QED) is 0.800. The van der Waals surface area contributed by atoms with Crippen molar-refractivity contribution >= 4 is 15.7 Å². The van der Waals surface area contributed by atoms with E-state index in [1.54, 1.807) is 12.1 Å². The summed E-state index contributed by atoms with van der Waals surface area (Å²) in [5, 5.41) is 3.12. The van der Waals surface area contributed by atoms with Crippen LogP contribution in [0.5, 0.6) is 0 Å². The third kappa shape index (κ3) is 5.41. The van der Waals surface area contributed by atoms with Crippen molar-refractivity contribution in [2.24, 2.45) is 0 Å². The van der Waals surface area contributed by atoms with Gasteiger partial charge in [0.15, 0.2) is 9.84 Å². The van der Waals surface area contributed by atoms with Crippen molar-refractivity contribution in [3.63, 3.8) is 0 Å². The normalized spacial score (nSPS) is 17.2. The molecule has 1 saturated heterocycles. The van der Waals surface area contributed by atoms with Gasteiger partial charge in [-0.05, 0) is 36.9 Å². The van der Waals surface area contributed by atoms with E-state index in [1.165, 1.54) is 12.1 Å². The van der Waals surface area contributed by atoms with Crippen LogP contribution in [0.1, 0.15) is 22.0 Å². The summed E-state index contributed by atoms with van der Waals surface area (Å²) in [4.78, 5) is 17.7. The molecule has 0 saturated carbocycles. The molecule has 1 aliphatic rings.